The Morgan fingerprint density at radius 3 is 2.96 bits per heavy atom. The van der Waals surface area contributed by atoms with Crippen molar-refractivity contribution in [2.24, 2.45) is 5.92 Å². The summed E-state index contributed by atoms with van der Waals surface area (Å²) in [5, 5.41) is 2.66. The second-order valence-electron chi connectivity index (χ2n) is 5.84. The van der Waals surface area contributed by atoms with E-state index in [4.69, 9.17) is 9.47 Å². The Morgan fingerprint density at radius 1 is 1.30 bits per heavy atom. The molecule has 1 aliphatic heterocycles. The fourth-order valence-corrected chi connectivity index (χ4v) is 2.99. The highest BCUT2D eigenvalue weighted by atomic mass is 16.5. The van der Waals surface area contributed by atoms with E-state index in [2.05, 4.69) is 17.4 Å². The van der Waals surface area contributed by atoms with Crippen molar-refractivity contribution in [3.63, 3.8) is 0 Å². The summed E-state index contributed by atoms with van der Waals surface area (Å²) in [6, 6.07) is 13.8. The van der Waals surface area contributed by atoms with Crippen LogP contribution in [0.25, 0.3) is 0 Å². The number of hydrogen-bond acceptors (Lipinski definition) is 3. The second-order valence-corrected chi connectivity index (χ2v) is 5.84. The minimum absolute atomic E-state index is 0.0517. The smallest absolute Gasteiger partial charge is 0.251 e. The van der Waals surface area contributed by atoms with E-state index in [9.17, 15) is 4.79 Å². The predicted octanol–water partition coefficient (Wildman–Crippen LogP) is 2.85. The van der Waals surface area contributed by atoms with Crippen LogP contribution in [0.5, 0.6) is 11.5 Å². The summed E-state index contributed by atoms with van der Waals surface area (Å²) in [6.07, 6.45) is 1.87. The van der Waals surface area contributed by atoms with Crippen LogP contribution in [0.3, 0.4) is 0 Å². The highest BCUT2D eigenvalue weighted by Crippen LogP contribution is 2.32. The number of carbonyl (C=O) groups is 1. The number of carbonyl (C=O) groups excluding carboxylic acids is 1. The highest BCUT2D eigenvalue weighted by Gasteiger charge is 2.21. The number of ether oxygens (including phenoxy) is 2. The maximum Gasteiger partial charge on any atom is 0.251 e. The van der Waals surface area contributed by atoms with Crippen LogP contribution in [-0.4, -0.2) is 26.7 Å². The van der Waals surface area contributed by atoms with Crippen molar-refractivity contribution in [2.45, 2.75) is 12.8 Å². The van der Waals surface area contributed by atoms with Crippen molar-refractivity contribution >= 4 is 5.91 Å². The third kappa shape index (κ3) is 3.47. The molecule has 120 valence electrons. The molecule has 0 spiro atoms. The van der Waals surface area contributed by atoms with Gasteiger partial charge in [0.2, 0.25) is 0 Å². The zero-order valence-corrected chi connectivity index (χ0v) is 13.5. The standard InChI is InChI=1S/C19H21NO3/c1-20-19(21)16-5-3-4-13(9-16)8-14-10-15-6-7-17(22-2)11-18(15)23-12-14/h3-7,9,11,14H,8,10,12H2,1-2H3,(H,20,21)/t14-/m0/s1. The third-order valence-corrected chi connectivity index (χ3v) is 4.20. The molecule has 0 aliphatic carbocycles. The molecule has 0 saturated heterocycles. The molecule has 1 N–H and O–H groups in total. The first-order chi connectivity index (χ1) is 11.2. The predicted molar refractivity (Wildman–Crippen MR) is 89.2 cm³/mol. The first kappa shape index (κ1) is 15.4. The van der Waals surface area contributed by atoms with Crippen molar-refractivity contribution in [3.8, 4) is 11.5 Å². The van der Waals surface area contributed by atoms with Crippen LogP contribution in [0, 0.1) is 5.92 Å². The second kappa shape index (κ2) is 6.73. The van der Waals surface area contributed by atoms with E-state index >= 15 is 0 Å². The van der Waals surface area contributed by atoms with Crippen LogP contribution < -0.4 is 14.8 Å². The average molecular weight is 311 g/mol. The van der Waals surface area contributed by atoms with Crippen molar-refractivity contribution in [2.75, 3.05) is 20.8 Å². The Kier molecular flexibility index (Phi) is 4.51. The van der Waals surface area contributed by atoms with Crippen molar-refractivity contribution in [1.82, 2.24) is 5.32 Å². The monoisotopic (exact) mass is 311 g/mol. The summed E-state index contributed by atoms with van der Waals surface area (Å²) >= 11 is 0. The zero-order valence-electron chi connectivity index (χ0n) is 13.5. The van der Waals surface area contributed by atoms with Gasteiger partial charge in [0, 0.05) is 24.6 Å². The first-order valence-corrected chi connectivity index (χ1v) is 7.80. The molecule has 4 heteroatoms. The van der Waals surface area contributed by atoms with Crippen LogP contribution in [-0.2, 0) is 12.8 Å². The number of methoxy groups -OCH3 is 1. The molecule has 2 aromatic carbocycles. The Morgan fingerprint density at radius 2 is 2.17 bits per heavy atom. The molecule has 3 rings (SSSR count). The van der Waals surface area contributed by atoms with Gasteiger partial charge in [-0.05, 0) is 42.2 Å². The highest BCUT2D eigenvalue weighted by molar-refractivity contribution is 5.94. The molecule has 1 aliphatic rings. The van der Waals surface area contributed by atoms with E-state index in [-0.39, 0.29) is 5.91 Å². The van der Waals surface area contributed by atoms with Crippen LogP contribution in [0.1, 0.15) is 21.5 Å². The number of benzene rings is 2. The Balaban J connectivity index is 1.71. The summed E-state index contributed by atoms with van der Waals surface area (Å²) in [5.41, 5.74) is 3.08. The van der Waals surface area contributed by atoms with E-state index in [0.29, 0.717) is 18.1 Å². The maximum absolute atomic E-state index is 11.7. The van der Waals surface area contributed by atoms with E-state index < -0.39 is 0 Å². The Labute approximate surface area is 136 Å². The summed E-state index contributed by atoms with van der Waals surface area (Å²) in [6.45, 7) is 0.685. The van der Waals surface area contributed by atoms with Gasteiger partial charge >= 0.3 is 0 Å². The van der Waals surface area contributed by atoms with Crippen LogP contribution in [0.4, 0.5) is 0 Å². The molecule has 4 nitrogen and oxygen atoms in total. The lowest BCUT2D eigenvalue weighted by Crippen LogP contribution is -2.23. The topological polar surface area (TPSA) is 47.6 Å². The molecule has 0 bridgehead atoms. The van der Waals surface area contributed by atoms with Gasteiger partial charge in [-0.15, -0.1) is 0 Å². The molecule has 0 fully saturated rings. The molecule has 0 unspecified atom stereocenters. The molecule has 2 aromatic rings. The van der Waals surface area contributed by atoms with Crippen molar-refractivity contribution in [1.29, 1.82) is 0 Å². The van der Waals surface area contributed by atoms with Gasteiger partial charge in [0.05, 0.1) is 13.7 Å². The van der Waals surface area contributed by atoms with Gasteiger partial charge in [-0.25, -0.2) is 0 Å². The quantitative estimate of drug-likeness (QED) is 0.944. The molecule has 23 heavy (non-hydrogen) atoms. The lowest BCUT2D eigenvalue weighted by Gasteiger charge is -2.25. The lowest BCUT2D eigenvalue weighted by molar-refractivity contribution is 0.0963. The van der Waals surface area contributed by atoms with Crippen molar-refractivity contribution in [3.05, 3.63) is 59.2 Å². The molecule has 1 heterocycles. The molecular weight excluding hydrogens is 290 g/mol. The van der Waals surface area contributed by atoms with Gasteiger partial charge in [0.15, 0.2) is 0 Å². The maximum atomic E-state index is 11.7. The normalized spacial score (nSPS) is 16.2. The summed E-state index contributed by atoms with van der Waals surface area (Å²) in [4.78, 5) is 11.7. The van der Waals surface area contributed by atoms with Gasteiger partial charge in [0.25, 0.3) is 5.91 Å². The average Bonchev–Trinajstić information content (AvgIpc) is 2.60. The Bertz CT molecular complexity index is 712. The van der Waals surface area contributed by atoms with E-state index in [1.54, 1.807) is 14.2 Å². The van der Waals surface area contributed by atoms with Gasteiger partial charge in [-0.3, -0.25) is 4.79 Å². The number of rotatable bonds is 4. The van der Waals surface area contributed by atoms with Gasteiger partial charge in [-0.2, -0.15) is 0 Å². The number of amides is 1. The molecule has 0 aromatic heterocycles. The van der Waals surface area contributed by atoms with Crippen LogP contribution in [0.2, 0.25) is 0 Å². The van der Waals surface area contributed by atoms with E-state index in [1.165, 1.54) is 5.56 Å². The lowest BCUT2D eigenvalue weighted by atomic mass is 9.90. The minimum Gasteiger partial charge on any atom is -0.497 e. The number of nitrogens with one attached hydrogen (secondary N) is 1. The number of fused-ring (bicyclic) bond motifs is 1. The minimum atomic E-state index is -0.0517. The molecular formula is C19H21NO3. The zero-order chi connectivity index (χ0) is 16.2. The van der Waals surface area contributed by atoms with Gasteiger partial charge in [0.1, 0.15) is 11.5 Å². The number of hydrogen-bond donors (Lipinski definition) is 1. The fourth-order valence-electron chi connectivity index (χ4n) is 2.99. The summed E-state index contributed by atoms with van der Waals surface area (Å²) in [7, 11) is 3.31. The van der Waals surface area contributed by atoms with Gasteiger partial charge < -0.3 is 14.8 Å². The Hall–Kier alpha value is -2.49. The largest absolute Gasteiger partial charge is 0.497 e. The van der Waals surface area contributed by atoms with Crippen molar-refractivity contribution < 1.29 is 14.3 Å². The van der Waals surface area contributed by atoms with Gasteiger partial charge in [-0.1, -0.05) is 18.2 Å². The first-order valence-electron chi connectivity index (χ1n) is 7.80. The molecule has 0 radical (unpaired) electrons. The van der Waals surface area contributed by atoms with E-state index in [1.807, 2.05) is 30.3 Å². The van der Waals surface area contributed by atoms with Crippen LogP contribution in [0.15, 0.2) is 42.5 Å². The SMILES string of the molecule is CNC(=O)c1cccc(C[C@@H]2COc3cc(OC)ccc3C2)c1. The molecule has 1 amide bonds. The summed E-state index contributed by atoms with van der Waals surface area (Å²) in [5.74, 6) is 2.10. The van der Waals surface area contributed by atoms with Crippen LogP contribution >= 0.6 is 0 Å². The third-order valence-electron chi connectivity index (χ3n) is 4.20. The fraction of sp³-hybridized carbons (Fsp3) is 0.316. The molecule has 0 saturated carbocycles. The summed E-state index contributed by atoms with van der Waals surface area (Å²) < 4.78 is 11.1. The van der Waals surface area contributed by atoms with E-state index in [0.717, 1.165) is 29.9 Å². The molecule has 1 atom stereocenters.